The molecule has 3 nitrogen and oxygen atoms in total. The van der Waals surface area contributed by atoms with E-state index in [1.54, 1.807) is 0 Å². The van der Waals surface area contributed by atoms with Crippen molar-refractivity contribution >= 4 is 29.2 Å². The average molecular weight is 393 g/mol. The van der Waals surface area contributed by atoms with Gasteiger partial charge in [-0.2, -0.15) is 13.2 Å². The van der Waals surface area contributed by atoms with Crippen LogP contribution in [0.1, 0.15) is 41.3 Å². The quantitative estimate of drug-likeness (QED) is 0.635. The molecule has 8 heteroatoms. The van der Waals surface area contributed by atoms with Crippen LogP contribution in [0.3, 0.4) is 0 Å². The normalized spacial score (nSPS) is 11.7. The molecule has 0 saturated carbocycles. The smallest absolute Gasteiger partial charge is 0.416 e. The number of carboxylic acid groups (broad SMARTS) is 1. The third kappa shape index (κ3) is 4.38. The van der Waals surface area contributed by atoms with Crippen molar-refractivity contribution in [3.8, 4) is 11.5 Å². The highest BCUT2D eigenvalue weighted by molar-refractivity contribution is 6.34. The first-order valence-electron chi connectivity index (χ1n) is 7.12. The maximum Gasteiger partial charge on any atom is 0.416 e. The molecule has 2 rings (SSSR count). The lowest BCUT2D eigenvalue weighted by Crippen LogP contribution is -2.05. The van der Waals surface area contributed by atoms with Crippen molar-refractivity contribution in [2.75, 3.05) is 0 Å². The average Bonchev–Trinajstić information content (AvgIpc) is 2.49. The highest BCUT2D eigenvalue weighted by Gasteiger charge is 2.31. The Morgan fingerprint density at radius 3 is 2.28 bits per heavy atom. The van der Waals surface area contributed by atoms with Crippen molar-refractivity contribution in [1.82, 2.24) is 0 Å². The molecule has 2 aromatic carbocycles. The molecular weight excluding hydrogens is 380 g/mol. The van der Waals surface area contributed by atoms with E-state index in [9.17, 15) is 23.1 Å². The molecule has 0 fully saturated rings. The molecule has 0 heterocycles. The number of carboxylic acids is 1. The SMILES string of the molecule is CC(C)c1cc(Oc2ccc(C(F)(F)F)cc2Cl)cc(C(=O)O)c1Cl. The van der Waals surface area contributed by atoms with Crippen LogP contribution in [0.5, 0.6) is 11.5 Å². The number of rotatable bonds is 4. The van der Waals surface area contributed by atoms with Gasteiger partial charge in [-0.25, -0.2) is 4.79 Å². The largest absolute Gasteiger partial charge is 0.478 e. The van der Waals surface area contributed by atoms with E-state index in [1.165, 1.54) is 12.1 Å². The molecule has 0 amide bonds. The van der Waals surface area contributed by atoms with E-state index >= 15 is 0 Å². The number of carbonyl (C=O) groups is 1. The molecule has 0 unspecified atom stereocenters. The number of hydrogen-bond donors (Lipinski definition) is 1. The number of aromatic carboxylic acids is 1. The molecular formula is C17H13Cl2F3O3. The molecule has 1 N–H and O–H groups in total. The molecule has 25 heavy (non-hydrogen) atoms. The van der Waals surface area contributed by atoms with Crippen LogP contribution in [0.4, 0.5) is 13.2 Å². The number of halogens is 5. The van der Waals surface area contributed by atoms with Gasteiger partial charge in [-0.1, -0.05) is 37.0 Å². The molecule has 0 aliphatic carbocycles. The predicted octanol–water partition coefficient (Wildman–Crippen LogP) is 6.63. The van der Waals surface area contributed by atoms with Crippen LogP contribution in [0.25, 0.3) is 0 Å². The van der Waals surface area contributed by atoms with Gasteiger partial charge in [0.2, 0.25) is 0 Å². The zero-order valence-electron chi connectivity index (χ0n) is 13.1. The number of hydrogen-bond acceptors (Lipinski definition) is 2. The van der Waals surface area contributed by atoms with Gasteiger partial charge in [0.15, 0.2) is 0 Å². The maximum absolute atomic E-state index is 12.7. The van der Waals surface area contributed by atoms with Crippen LogP contribution in [0.15, 0.2) is 30.3 Å². The molecule has 0 aromatic heterocycles. The lowest BCUT2D eigenvalue weighted by atomic mass is 10.00. The maximum atomic E-state index is 12.7. The molecule has 134 valence electrons. The Morgan fingerprint density at radius 1 is 1.16 bits per heavy atom. The highest BCUT2D eigenvalue weighted by atomic mass is 35.5. The summed E-state index contributed by atoms with van der Waals surface area (Å²) < 4.78 is 43.5. The first-order chi connectivity index (χ1) is 11.5. The molecule has 0 aliphatic heterocycles. The Bertz CT molecular complexity index is 818. The van der Waals surface area contributed by atoms with E-state index in [1.807, 2.05) is 13.8 Å². The topological polar surface area (TPSA) is 46.5 Å². The van der Waals surface area contributed by atoms with E-state index in [0.717, 1.165) is 18.2 Å². The Balaban J connectivity index is 2.45. The van der Waals surface area contributed by atoms with Crippen LogP contribution >= 0.6 is 23.2 Å². The van der Waals surface area contributed by atoms with E-state index in [2.05, 4.69) is 0 Å². The van der Waals surface area contributed by atoms with Crippen LogP contribution < -0.4 is 4.74 Å². The lowest BCUT2D eigenvalue weighted by Gasteiger charge is -2.15. The fraction of sp³-hybridized carbons (Fsp3) is 0.235. The second-order valence-electron chi connectivity index (χ2n) is 5.58. The summed E-state index contributed by atoms with van der Waals surface area (Å²) in [6.07, 6.45) is -4.52. The van der Waals surface area contributed by atoms with Gasteiger partial charge in [-0.15, -0.1) is 0 Å². The Labute approximate surface area is 151 Å². The van der Waals surface area contributed by atoms with Crippen molar-refractivity contribution < 1.29 is 27.8 Å². The lowest BCUT2D eigenvalue weighted by molar-refractivity contribution is -0.137. The van der Waals surface area contributed by atoms with Gasteiger partial charge in [0.05, 0.1) is 21.2 Å². The summed E-state index contributed by atoms with van der Waals surface area (Å²) in [5, 5.41) is 9.10. The molecule has 0 spiro atoms. The fourth-order valence-corrected chi connectivity index (χ4v) is 2.77. The zero-order valence-corrected chi connectivity index (χ0v) is 14.6. The van der Waals surface area contributed by atoms with E-state index in [4.69, 9.17) is 27.9 Å². The van der Waals surface area contributed by atoms with Gasteiger partial charge in [0.1, 0.15) is 11.5 Å². The Hall–Kier alpha value is -1.92. The number of benzene rings is 2. The van der Waals surface area contributed by atoms with Gasteiger partial charge in [-0.05, 0) is 41.8 Å². The molecule has 0 atom stereocenters. The standard InChI is InChI=1S/C17H13Cl2F3O3/c1-8(2)11-6-10(7-12(15(11)19)16(23)24)25-14-4-3-9(5-13(14)18)17(20,21)22/h3-8H,1-2H3,(H,23,24). The number of ether oxygens (including phenoxy) is 1. The first-order valence-corrected chi connectivity index (χ1v) is 7.87. The van der Waals surface area contributed by atoms with Crippen LogP contribution in [-0.4, -0.2) is 11.1 Å². The predicted molar refractivity (Wildman–Crippen MR) is 89.0 cm³/mol. The van der Waals surface area contributed by atoms with Crippen molar-refractivity contribution in [3.05, 3.63) is 57.1 Å². The third-order valence-electron chi connectivity index (χ3n) is 3.41. The summed E-state index contributed by atoms with van der Waals surface area (Å²) in [5.74, 6) is -1.23. The van der Waals surface area contributed by atoms with Gasteiger partial charge in [0, 0.05) is 0 Å². The summed E-state index contributed by atoms with van der Waals surface area (Å²) in [6.45, 7) is 3.64. The summed E-state index contributed by atoms with van der Waals surface area (Å²) in [5.41, 5.74) is -0.527. The van der Waals surface area contributed by atoms with E-state index in [0.29, 0.717) is 5.56 Å². The van der Waals surface area contributed by atoms with Gasteiger partial charge < -0.3 is 9.84 Å². The van der Waals surface area contributed by atoms with E-state index in [-0.39, 0.29) is 33.0 Å². The second kappa shape index (κ2) is 7.14. The summed E-state index contributed by atoms with van der Waals surface area (Å²) in [6, 6.07) is 5.39. The Morgan fingerprint density at radius 2 is 1.80 bits per heavy atom. The van der Waals surface area contributed by atoms with Crippen molar-refractivity contribution in [2.45, 2.75) is 25.9 Å². The summed E-state index contributed by atoms with van der Waals surface area (Å²) >= 11 is 11.9. The minimum Gasteiger partial charge on any atom is -0.478 e. The first kappa shape index (κ1) is 19.4. The van der Waals surface area contributed by atoms with Gasteiger partial charge in [-0.3, -0.25) is 0 Å². The molecule has 0 radical (unpaired) electrons. The number of alkyl halides is 3. The molecule has 0 bridgehead atoms. The van der Waals surface area contributed by atoms with Crippen LogP contribution in [0.2, 0.25) is 10.0 Å². The monoisotopic (exact) mass is 392 g/mol. The zero-order chi connectivity index (χ0) is 18.9. The minimum absolute atomic E-state index is 0.0250. The van der Waals surface area contributed by atoms with Gasteiger partial charge in [0.25, 0.3) is 0 Å². The van der Waals surface area contributed by atoms with Crippen molar-refractivity contribution in [1.29, 1.82) is 0 Å². The van der Waals surface area contributed by atoms with Crippen LogP contribution in [-0.2, 0) is 6.18 Å². The molecule has 0 aliphatic rings. The van der Waals surface area contributed by atoms with E-state index < -0.39 is 17.7 Å². The molecule has 2 aromatic rings. The van der Waals surface area contributed by atoms with Crippen molar-refractivity contribution in [3.63, 3.8) is 0 Å². The Kier molecular flexibility index (Phi) is 5.54. The molecule has 0 saturated heterocycles. The summed E-state index contributed by atoms with van der Waals surface area (Å²) in [7, 11) is 0. The third-order valence-corrected chi connectivity index (χ3v) is 4.13. The second-order valence-corrected chi connectivity index (χ2v) is 6.36. The minimum atomic E-state index is -4.52. The van der Waals surface area contributed by atoms with Crippen molar-refractivity contribution in [2.24, 2.45) is 0 Å². The van der Waals surface area contributed by atoms with Gasteiger partial charge >= 0.3 is 12.1 Å². The van der Waals surface area contributed by atoms with Crippen LogP contribution in [0, 0.1) is 0 Å². The summed E-state index contributed by atoms with van der Waals surface area (Å²) in [4.78, 5) is 11.3. The fourth-order valence-electron chi connectivity index (χ4n) is 2.14. The highest BCUT2D eigenvalue weighted by Crippen LogP contribution is 2.38.